The summed E-state index contributed by atoms with van der Waals surface area (Å²) in [5, 5.41) is 5.18. The highest BCUT2D eigenvalue weighted by Crippen LogP contribution is 2.31. The maximum atomic E-state index is 13.0. The number of hydrogen-bond acceptors (Lipinski definition) is 7. The number of hydrogen-bond donors (Lipinski definition) is 3. The average molecular weight is 455 g/mol. The van der Waals surface area contributed by atoms with Crippen LogP contribution < -0.4 is 16.4 Å². The van der Waals surface area contributed by atoms with E-state index in [1.165, 1.54) is 6.20 Å². The second-order valence-corrected chi connectivity index (χ2v) is 9.00. The predicted molar refractivity (Wildman–Crippen MR) is 124 cm³/mol. The number of likely N-dealkylation sites (tertiary alicyclic amines) is 1. The van der Waals surface area contributed by atoms with E-state index in [1.54, 1.807) is 50.9 Å². The smallest absolute Gasteiger partial charge is 0.413 e. The van der Waals surface area contributed by atoms with Gasteiger partial charge in [-0.25, -0.2) is 14.8 Å². The molecule has 0 spiro atoms. The van der Waals surface area contributed by atoms with Crippen molar-refractivity contribution >= 4 is 35.2 Å². The lowest BCUT2D eigenvalue weighted by molar-refractivity contribution is -0.145. The lowest BCUT2D eigenvalue weighted by Crippen LogP contribution is -2.44. The lowest BCUT2D eigenvalue weighted by atomic mass is 9.96. The Balaban J connectivity index is 1.67. The number of nitrogens with one attached hydrogen (secondary N) is 2. The Kier molecular flexibility index (Phi) is 7.15. The molecule has 0 aromatic carbocycles. The summed E-state index contributed by atoms with van der Waals surface area (Å²) in [6.07, 6.45) is 4.92. The molecular weight excluding hydrogens is 424 g/mol. The third-order valence-corrected chi connectivity index (χ3v) is 5.11. The van der Waals surface area contributed by atoms with E-state index in [0.29, 0.717) is 29.4 Å². The summed E-state index contributed by atoms with van der Waals surface area (Å²) in [6.45, 7) is 7.50. The number of rotatable bonds is 3. The highest BCUT2D eigenvalue weighted by atomic mass is 16.6. The van der Waals surface area contributed by atoms with Gasteiger partial charge in [0.15, 0.2) is 0 Å². The van der Waals surface area contributed by atoms with Crippen molar-refractivity contribution < 1.29 is 19.1 Å². The van der Waals surface area contributed by atoms with Crippen molar-refractivity contribution in [3.8, 4) is 0 Å². The Labute approximate surface area is 192 Å². The zero-order valence-corrected chi connectivity index (χ0v) is 19.3. The Morgan fingerprint density at radius 3 is 2.52 bits per heavy atom. The number of piperidine rings is 1. The molecule has 0 unspecified atom stereocenters. The molecule has 1 fully saturated rings. The summed E-state index contributed by atoms with van der Waals surface area (Å²) in [5.74, 6) is -0.664. The molecule has 0 bridgehead atoms. The first-order valence-electron chi connectivity index (χ1n) is 10.8. The molecule has 1 atom stereocenters. The summed E-state index contributed by atoms with van der Waals surface area (Å²) in [7, 11) is 0. The standard InChI is InChI=1S/C23H30N6O4/c1-14-11-16(13-26-19(14)28-22(32)33-23(2,3)4)27-20(30)21(31)29-10-6-5-7-17(29)15-8-9-18(24)25-12-15/h8-9,11-13,17H,5-7,10H2,1-4H3,(H2,24,25)(H,27,30)(H,26,28,32)/t17-/m0/s1. The van der Waals surface area contributed by atoms with Gasteiger partial charge in [0.1, 0.15) is 17.2 Å². The minimum Gasteiger partial charge on any atom is -0.444 e. The molecule has 10 nitrogen and oxygen atoms in total. The largest absolute Gasteiger partial charge is 0.444 e. The fourth-order valence-corrected chi connectivity index (χ4v) is 3.62. The van der Waals surface area contributed by atoms with Crippen LogP contribution in [0, 0.1) is 6.92 Å². The number of carbonyl (C=O) groups excluding carboxylic acids is 3. The van der Waals surface area contributed by atoms with E-state index in [4.69, 9.17) is 10.5 Å². The van der Waals surface area contributed by atoms with Crippen LogP contribution in [-0.2, 0) is 14.3 Å². The van der Waals surface area contributed by atoms with Gasteiger partial charge < -0.3 is 20.7 Å². The molecule has 3 rings (SSSR count). The SMILES string of the molecule is Cc1cc(NC(=O)C(=O)N2CCCC[C@H]2c2ccc(N)nc2)cnc1NC(=O)OC(C)(C)C. The zero-order chi connectivity index (χ0) is 24.2. The molecule has 0 aliphatic carbocycles. The van der Waals surface area contributed by atoms with Crippen molar-refractivity contribution in [2.45, 2.75) is 58.6 Å². The topological polar surface area (TPSA) is 140 Å². The second-order valence-electron chi connectivity index (χ2n) is 9.00. The van der Waals surface area contributed by atoms with E-state index in [9.17, 15) is 14.4 Å². The molecule has 2 aromatic heterocycles. The van der Waals surface area contributed by atoms with Crippen molar-refractivity contribution in [3.05, 3.63) is 41.7 Å². The Hall–Kier alpha value is -3.69. The van der Waals surface area contributed by atoms with Gasteiger partial charge in [0, 0.05) is 12.7 Å². The van der Waals surface area contributed by atoms with Crippen molar-refractivity contribution in [1.29, 1.82) is 0 Å². The monoisotopic (exact) mass is 454 g/mol. The van der Waals surface area contributed by atoms with E-state index in [0.717, 1.165) is 24.8 Å². The van der Waals surface area contributed by atoms with Crippen LogP contribution in [0.4, 0.5) is 22.1 Å². The fourth-order valence-electron chi connectivity index (χ4n) is 3.62. The molecule has 1 aliphatic rings. The third-order valence-electron chi connectivity index (χ3n) is 5.11. The summed E-state index contributed by atoms with van der Waals surface area (Å²) in [4.78, 5) is 47.5. The van der Waals surface area contributed by atoms with E-state index in [1.807, 2.05) is 6.07 Å². The molecule has 3 heterocycles. The number of nitrogens with zero attached hydrogens (tertiary/aromatic N) is 3. The number of carbonyl (C=O) groups is 3. The van der Waals surface area contributed by atoms with Gasteiger partial charge in [-0.1, -0.05) is 6.07 Å². The molecule has 33 heavy (non-hydrogen) atoms. The van der Waals surface area contributed by atoms with Crippen LogP contribution in [0.15, 0.2) is 30.6 Å². The molecule has 10 heteroatoms. The molecule has 0 saturated carbocycles. The molecule has 1 aliphatic heterocycles. The normalized spacial score (nSPS) is 16.1. The van der Waals surface area contributed by atoms with Crippen LogP contribution in [0.3, 0.4) is 0 Å². The Morgan fingerprint density at radius 2 is 1.88 bits per heavy atom. The molecule has 176 valence electrons. The number of ether oxygens (including phenoxy) is 1. The van der Waals surface area contributed by atoms with E-state index >= 15 is 0 Å². The van der Waals surface area contributed by atoms with Gasteiger partial charge in [0.2, 0.25) is 0 Å². The van der Waals surface area contributed by atoms with Gasteiger partial charge in [-0.3, -0.25) is 14.9 Å². The maximum Gasteiger partial charge on any atom is 0.413 e. The van der Waals surface area contributed by atoms with E-state index in [2.05, 4.69) is 20.6 Å². The van der Waals surface area contributed by atoms with Crippen LogP contribution in [0.2, 0.25) is 0 Å². The number of nitrogens with two attached hydrogens (primary N) is 1. The van der Waals surface area contributed by atoms with Crippen molar-refractivity contribution in [3.63, 3.8) is 0 Å². The van der Waals surface area contributed by atoms with Crippen molar-refractivity contribution in [2.24, 2.45) is 0 Å². The summed E-state index contributed by atoms with van der Waals surface area (Å²) >= 11 is 0. The molecule has 1 saturated heterocycles. The fraction of sp³-hybridized carbons (Fsp3) is 0.435. The Morgan fingerprint density at radius 1 is 1.12 bits per heavy atom. The van der Waals surface area contributed by atoms with Crippen LogP contribution in [0.25, 0.3) is 0 Å². The molecule has 0 radical (unpaired) electrons. The van der Waals surface area contributed by atoms with Crippen LogP contribution in [-0.4, -0.2) is 44.9 Å². The van der Waals surface area contributed by atoms with Crippen LogP contribution in [0.5, 0.6) is 0 Å². The molecule has 4 N–H and O–H groups in total. The highest BCUT2D eigenvalue weighted by Gasteiger charge is 2.32. The second kappa shape index (κ2) is 9.85. The van der Waals surface area contributed by atoms with Crippen LogP contribution >= 0.6 is 0 Å². The summed E-state index contributed by atoms with van der Waals surface area (Å²) in [5.41, 5.74) is 6.84. The number of aryl methyl sites for hydroxylation is 1. The first-order valence-corrected chi connectivity index (χ1v) is 10.8. The van der Waals surface area contributed by atoms with Gasteiger partial charge in [0.05, 0.1) is 17.9 Å². The van der Waals surface area contributed by atoms with Gasteiger partial charge >= 0.3 is 17.9 Å². The number of nitrogen functional groups attached to an aromatic ring is 1. The minimum atomic E-state index is -0.751. The van der Waals surface area contributed by atoms with Gasteiger partial charge in [-0.2, -0.15) is 0 Å². The summed E-state index contributed by atoms with van der Waals surface area (Å²) < 4.78 is 5.22. The first kappa shape index (κ1) is 24.0. The first-order chi connectivity index (χ1) is 15.5. The predicted octanol–water partition coefficient (Wildman–Crippen LogP) is 3.41. The van der Waals surface area contributed by atoms with Crippen molar-refractivity contribution in [2.75, 3.05) is 22.9 Å². The van der Waals surface area contributed by atoms with Crippen LogP contribution in [0.1, 0.15) is 57.2 Å². The number of amides is 3. The quantitative estimate of drug-likeness (QED) is 0.604. The van der Waals surface area contributed by atoms with E-state index in [-0.39, 0.29) is 6.04 Å². The maximum absolute atomic E-state index is 13.0. The molecule has 2 aromatic rings. The van der Waals surface area contributed by atoms with E-state index < -0.39 is 23.5 Å². The Bertz CT molecular complexity index is 1030. The number of aromatic nitrogens is 2. The number of anilines is 3. The number of pyridine rings is 2. The van der Waals surface area contributed by atoms with Crippen molar-refractivity contribution in [1.82, 2.24) is 14.9 Å². The third kappa shape index (κ3) is 6.41. The summed E-state index contributed by atoms with van der Waals surface area (Å²) in [6, 6.07) is 4.92. The van der Waals surface area contributed by atoms with Gasteiger partial charge in [-0.15, -0.1) is 0 Å². The zero-order valence-electron chi connectivity index (χ0n) is 19.3. The van der Waals surface area contributed by atoms with Gasteiger partial charge in [-0.05, 0) is 70.2 Å². The molecular formula is C23H30N6O4. The van der Waals surface area contributed by atoms with Gasteiger partial charge in [0.25, 0.3) is 0 Å². The minimum absolute atomic E-state index is 0.231. The lowest BCUT2D eigenvalue weighted by Gasteiger charge is -2.35. The molecule has 3 amide bonds. The average Bonchev–Trinajstić information content (AvgIpc) is 2.74. The highest BCUT2D eigenvalue weighted by molar-refractivity contribution is 6.39.